The van der Waals surface area contributed by atoms with Crippen molar-refractivity contribution in [2.24, 2.45) is 0 Å². The Kier molecular flexibility index (Phi) is 7.72. The van der Waals surface area contributed by atoms with E-state index < -0.39 is 0 Å². The zero-order valence-corrected chi connectivity index (χ0v) is 13.4. The van der Waals surface area contributed by atoms with Gasteiger partial charge in [0.15, 0.2) is 0 Å². The number of aryl methyl sites for hydroxylation is 4. The van der Waals surface area contributed by atoms with Crippen LogP contribution in [0.2, 0.25) is 0 Å². The van der Waals surface area contributed by atoms with E-state index in [2.05, 4.69) is 76.2 Å². The molecule has 2 aromatic carbocycles. The van der Waals surface area contributed by atoms with Crippen LogP contribution in [0.4, 0.5) is 0 Å². The minimum Gasteiger partial charge on any atom is -0.0651 e. The summed E-state index contributed by atoms with van der Waals surface area (Å²) in [7, 11) is 0. The van der Waals surface area contributed by atoms with E-state index in [0.29, 0.717) is 0 Å². The third kappa shape index (κ3) is 5.61. The van der Waals surface area contributed by atoms with Crippen LogP contribution in [0.3, 0.4) is 0 Å². The molecule has 0 radical (unpaired) electrons. The van der Waals surface area contributed by atoms with Gasteiger partial charge in [-0.05, 0) is 48.9 Å². The van der Waals surface area contributed by atoms with Crippen molar-refractivity contribution in [1.29, 1.82) is 0 Å². The molecule has 0 aromatic heterocycles. The van der Waals surface area contributed by atoms with Gasteiger partial charge in [0.05, 0.1) is 0 Å². The smallest absolute Gasteiger partial charge is 0.0279 e. The molecule has 0 bridgehead atoms. The van der Waals surface area contributed by atoms with Crippen molar-refractivity contribution in [2.45, 2.75) is 53.4 Å². The highest BCUT2D eigenvalue weighted by molar-refractivity contribution is 5.26. The topological polar surface area (TPSA) is 0 Å². The number of hydrogen-bond donors (Lipinski definition) is 0. The van der Waals surface area contributed by atoms with E-state index >= 15 is 0 Å². The third-order valence-electron chi connectivity index (χ3n) is 3.56. The maximum absolute atomic E-state index is 2.21. The molecule has 0 unspecified atom stereocenters. The molecule has 0 fully saturated rings. The first kappa shape index (κ1) is 16.5. The van der Waals surface area contributed by atoms with Crippen LogP contribution in [-0.4, -0.2) is 0 Å². The standard InChI is InChI=1S/2C10H14/c2*1-3-6-10-8-5-4-7-9(10)2/h2*4-5,7-8H,3,6H2,1-2H3. The van der Waals surface area contributed by atoms with Crippen molar-refractivity contribution < 1.29 is 0 Å². The van der Waals surface area contributed by atoms with Crippen molar-refractivity contribution in [3.8, 4) is 0 Å². The molecule has 20 heavy (non-hydrogen) atoms. The summed E-state index contributed by atoms with van der Waals surface area (Å²) in [6.07, 6.45) is 4.91. The SMILES string of the molecule is CCCc1ccccc1C.CCCc1ccccc1C. The minimum absolute atomic E-state index is 1.21. The first-order chi connectivity index (χ1) is 9.69. The molecule has 108 valence electrons. The van der Waals surface area contributed by atoms with E-state index in [1.807, 2.05) is 0 Å². The van der Waals surface area contributed by atoms with Crippen molar-refractivity contribution in [2.75, 3.05) is 0 Å². The Morgan fingerprint density at radius 2 is 0.950 bits per heavy atom. The first-order valence-electron chi connectivity index (χ1n) is 7.78. The molecule has 2 rings (SSSR count). The van der Waals surface area contributed by atoms with Crippen LogP contribution in [0.25, 0.3) is 0 Å². The highest BCUT2D eigenvalue weighted by Gasteiger charge is 1.93. The van der Waals surface area contributed by atoms with Crippen LogP contribution in [0.1, 0.15) is 48.9 Å². The second kappa shape index (κ2) is 9.36. The van der Waals surface area contributed by atoms with Gasteiger partial charge in [-0.15, -0.1) is 0 Å². The zero-order valence-electron chi connectivity index (χ0n) is 13.4. The zero-order chi connectivity index (χ0) is 14.8. The Bertz CT molecular complexity index is 449. The number of hydrogen-bond acceptors (Lipinski definition) is 0. The first-order valence-corrected chi connectivity index (χ1v) is 7.78. The largest absolute Gasteiger partial charge is 0.0651 e. The summed E-state index contributed by atoms with van der Waals surface area (Å²) >= 11 is 0. The fourth-order valence-corrected chi connectivity index (χ4v) is 2.32. The second-order valence-electron chi connectivity index (χ2n) is 5.35. The molecule has 0 aliphatic carbocycles. The Labute approximate surface area is 124 Å². The van der Waals surface area contributed by atoms with Crippen molar-refractivity contribution in [3.05, 3.63) is 70.8 Å². The summed E-state index contributed by atoms with van der Waals surface area (Å²) in [6.45, 7) is 8.77. The molecule has 0 heterocycles. The van der Waals surface area contributed by atoms with Gasteiger partial charge in [-0.1, -0.05) is 75.2 Å². The summed E-state index contributed by atoms with van der Waals surface area (Å²) in [6, 6.07) is 17.2. The minimum atomic E-state index is 1.21. The lowest BCUT2D eigenvalue weighted by atomic mass is 10.1. The summed E-state index contributed by atoms with van der Waals surface area (Å²) in [5.41, 5.74) is 5.82. The highest BCUT2D eigenvalue weighted by Crippen LogP contribution is 2.09. The van der Waals surface area contributed by atoms with Crippen molar-refractivity contribution in [3.63, 3.8) is 0 Å². The van der Waals surface area contributed by atoms with E-state index in [1.165, 1.54) is 47.9 Å². The predicted octanol–water partition coefficient (Wildman–Crippen LogP) is 5.90. The average Bonchev–Trinajstić information content (AvgIpc) is 2.45. The maximum atomic E-state index is 2.21. The van der Waals surface area contributed by atoms with Gasteiger partial charge in [-0.2, -0.15) is 0 Å². The van der Waals surface area contributed by atoms with E-state index in [9.17, 15) is 0 Å². The maximum Gasteiger partial charge on any atom is -0.0279 e. The van der Waals surface area contributed by atoms with Gasteiger partial charge in [0, 0.05) is 0 Å². The fourth-order valence-electron chi connectivity index (χ4n) is 2.32. The number of benzene rings is 2. The molecule has 0 N–H and O–H groups in total. The monoisotopic (exact) mass is 268 g/mol. The van der Waals surface area contributed by atoms with Crippen LogP contribution < -0.4 is 0 Å². The van der Waals surface area contributed by atoms with Crippen LogP contribution in [0.5, 0.6) is 0 Å². The lowest BCUT2D eigenvalue weighted by Crippen LogP contribution is -1.85. The molecule has 0 spiro atoms. The van der Waals surface area contributed by atoms with Gasteiger partial charge in [0.2, 0.25) is 0 Å². The average molecular weight is 268 g/mol. The van der Waals surface area contributed by atoms with Crippen molar-refractivity contribution in [1.82, 2.24) is 0 Å². The lowest BCUT2D eigenvalue weighted by Gasteiger charge is -2.01. The van der Waals surface area contributed by atoms with Gasteiger partial charge >= 0.3 is 0 Å². The number of rotatable bonds is 4. The molecule has 0 saturated carbocycles. The fraction of sp³-hybridized carbons (Fsp3) is 0.400. The van der Waals surface area contributed by atoms with Crippen LogP contribution in [-0.2, 0) is 12.8 Å². The molecule has 0 nitrogen and oxygen atoms in total. The van der Waals surface area contributed by atoms with Gasteiger partial charge in [0.25, 0.3) is 0 Å². The van der Waals surface area contributed by atoms with Gasteiger partial charge in [-0.25, -0.2) is 0 Å². The van der Waals surface area contributed by atoms with E-state index in [4.69, 9.17) is 0 Å². The third-order valence-corrected chi connectivity index (χ3v) is 3.56. The van der Waals surface area contributed by atoms with Gasteiger partial charge in [-0.3, -0.25) is 0 Å². The predicted molar refractivity (Wildman–Crippen MR) is 90.3 cm³/mol. The van der Waals surface area contributed by atoms with Crippen LogP contribution in [0.15, 0.2) is 48.5 Å². The molecule has 0 amide bonds. The van der Waals surface area contributed by atoms with Crippen molar-refractivity contribution >= 4 is 0 Å². The molecule has 2 aromatic rings. The normalized spacial score (nSPS) is 9.80. The van der Waals surface area contributed by atoms with Crippen LogP contribution >= 0.6 is 0 Å². The van der Waals surface area contributed by atoms with E-state index in [1.54, 1.807) is 0 Å². The lowest BCUT2D eigenvalue weighted by molar-refractivity contribution is 0.913. The molecule has 0 heteroatoms. The molecule has 0 aliphatic heterocycles. The van der Waals surface area contributed by atoms with Gasteiger partial charge < -0.3 is 0 Å². The molecule has 0 aliphatic rings. The summed E-state index contributed by atoms with van der Waals surface area (Å²) in [4.78, 5) is 0. The Balaban J connectivity index is 0.000000200. The Hall–Kier alpha value is -1.56. The molecule has 0 atom stereocenters. The van der Waals surface area contributed by atoms with Crippen LogP contribution in [0, 0.1) is 13.8 Å². The summed E-state index contributed by atoms with van der Waals surface area (Å²) in [5.74, 6) is 0. The quantitative estimate of drug-likeness (QED) is 0.648. The van der Waals surface area contributed by atoms with E-state index in [-0.39, 0.29) is 0 Å². The van der Waals surface area contributed by atoms with Gasteiger partial charge in [0.1, 0.15) is 0 Å². The second-order valence-corrected chi connectivity index (χ2v) is 5.35. The molecular weight excluding hydrogens is 240 g/mol. The highest BCUT2D eigenvalue weighted by atomic mass is 14.0. The molecular formula is C20H28. The Morgan fingerprint density at radius 3 is 1.25 bits per heavy atom. The summed E-state index contributed by atoms with van der Waals surface area (Å²) < 4.78 is 0. The Morgan fingerprint density at radius 1 is 0.600 bits per heavy atom. The summed E-state index contributed by atoms with van der Waals surface area (Å²) in [5, 5.41) is 0. The van der Waals surface area contributed by atoms with E-state index in [0.717, 1.165) is 0 Å². The molecule has 0 saturated heterocycles.